The predicted octanol–water partition coefficient (Wildman–Crippen LogP) is -2.85. The molecule has 12 heteroatoms. The summed E-state index contributed by atoms with van der Waals surface area (Å²) in [5.41, 5.74) is 6.99. The van der Waals surface area contributed by atoms with Crippen LogP contribution in [-0.2, 0) is 27.1 Å². The predicted molar refractivity (Wildman–Crippen MR) is 88.1 cm³/mol. The second-order valence-electron chi connectivity index (χ2n) is 6.11. The second-order valence-corrected chi connectivity index (χ2v) is 6.11. The largest absolute Gasteiger partial charge is 0.432 e. The minimum atomic E-state index is -1.68. The first-order valence-electron chi connectivity index (χ1n) is 8.34. The second kappa shape index (κ2) is 7.70. The number of rotatable bonds is 5. The number of carbonyl (C=O) groups is 1. The molecule has 2 aromatic heterocycles. The zero-order valence-electron chi connectivity index (χ0n) is 14.5. The van der Waals surface area contributed by atoms with E-state index in [2.05, 4.69) is 15.1 Å². The fraction of sp³-hybridized carbons (Fsp3) is 0.600. The molecule has 0 spiro atoms. The van der Waals surface area contributed by atoms with E-state index >= 15 is 0 Å². The van der Waals surface area contributed by atoms with Gasteiger partial charge in [-0.05, 0) is 6.42 Å². The number of aliphatic hydroxyl groups is 4. The first-order valence-corrected chi connectivity index (χ1v) is 8.34. The molecular weight excluding hydrogens is 362 g/mol. The number of nitrogens with two attached hydrogens (primary N) is 1. The molecule has 1 saturated heterocycles. The molecule has 0 amide bonds. The zero-order chi connectivity index (χ0) is 19.7. The number of anilines is 1. The van der Waals surface area contributed by atoms with Gasteiger partial charge in [-0.3, -0.25) is 4.79 Å². The standard InChI is InChI=1S/C15H21N5O7/c1-2-7-6(13(16)20-15(19-7)17-5-18-20)3-9(22)27-14-12(25)11(24)10(23)8(4-21)26-14/h5,8,10-12,14,21,23-25H,2-4,16H2,1H3/t8-,10-,11+,12-,14+/m1/s1. The summed E-state index contributed by atoms with van der Waals surface area (Å²) in [6.07, 6.45) is -6.10. The zero-order valence-corrected chi connectivity index (χ0v) is 14.5. The Morgan fingerprint density at radius 2 is 2.07 bits per heavy atom. The Kier molecular flexibility index (Phi) is 5.53. The van der Waals surface area contributed by atoms with Gasteiger partial charge in [0.15, 0.2) is 0 Å². The van der Waals surface area contributed by atoms with Gasteiger partial charge in [-0.15, -0.1) is 0 Å². The van der Waals surface area contributed by atoms with Crippen LogP contribution in [-0.4, -0.2) is 83.3 Å². The number of aryl methyl sites for hydroxylation is 1. The van der Waals surface area contributed by atoms with Crippen LogP contribution in [0.1, 0.15) is 18.2 Å². The maximum Gasteiger partial charge on any atom is 0.312 e. The number of esters is 1. The van der Waals surface area contributed by atoms with Gasteiger partial charge in [0.1, 0.15) is 36.6 Å². The van der Waals surface area contributed by atoms with Crippen LogP contribution in [0.4, 0.5) is 5.82 Å². The van der Waals surface area contributed by atoms with Crippen molar-refractivity contribution in [2.24, 2.45) is 0 Å². The van der Waals surface area contributed by atoms with E-state index in [1.807, 2.05) is 6.92 Å². The lowest BCUT2D eigenvalue weighted by molar-refractivity contribution is -0.292. The first-order chi connectivity index (χ1) is 12.9. The molecule has 3 heterocycles. The highest BCUT2D eigenvalue weighted by Crippen LogP contribution is 2.23. The summed E-state index contributed by atoms with van der Waals surface area (Å²) in [5, 5.41) is 42.6. The number of aliphatic hydroxyl groups excluding tert-OH is 4. The van der Waals surface area contributed by atoms with Crippen molar-refractivity contribution in [2.75, 3.05) is 12.3 Å². The number of fused-ring (bicyclic) bond motifs is 1. The van der Waals surface area contributed by atoms with Crippen molar-refractivity contribution in [2.45, 2.75) is 50.5 Å². The van der Waals surface area contributed by atoms with Crippen LogP contribution in [0.25, 0.3) is 5.78 Å². The molecule has 0 aromatic carbocycles. The average Bonchev–Trinajstić information content (AvgIpc) is 3.13. The molecule has 2 aromatic rings. The number of aromatic nitrogens is 4. The molecule has 1 fully saturated rings. The number of hydrogen-bond acceptors (Lipinski definition) is 11. The summed E-state index contributed by atoms with van der Waals surface area (Å²) in [6, 6.07) is 0. The van der Waals surface area contributed by atoms with Crippen molar-refractivity contribution in [1.29, 1.82) is 0 Å². The lowest BCUT2D eigenvalue weighted by atomic mass is 9.99. The molecule has 148 valence electrons. The third-order valence-electron chi connectivity index (χ3n) is 4.40. The van der Waals surface area contributed by atoms with Gasteiger partial charge < -0.3 is 35.6 Å². The van der Waals surface area contributed by atoms with Gasteiger partial charge in [-0.25, -0.2) is 4.98 Å². The number of nitrogens with zero attached hydrogens (tertiary/aromatic N) is 4. The van der Waals surface area contributed by atoms with Crippen LogP contribution in [0.5, 0.6) is 0 Å². The molecular formula is C15H21N5O7. The fourth-order valence-corrected chi connectivity index (χ4v) is 2.91. The van der Waals surface area contributed by atoms with Crippen LogP contribution in [0.3, 0.4) is 0 Å². The SMILES string of the molecule is CCc1nc2ncnn2c(N)c1CC(=O)O[C@@H]1O[C@H](CO)[C@@H](O)[C@H](O)[C@H]1O. The summed E-state index contributed by atoms with van der Waals surface area (Å²) >= 11 is 0. The van der Waals surface area contributed by atoms with Gasteiger partial charge in [-0.2, -0.15) is 14.6 Å². The molecule has 5 atom stereocenters. The fourth-order valence-electron chi connectivity index (χ4n) is 2.91. The topological polar surface area (TPSA) is 186 Å². The van der Waals surface area contributed by atoms with Gasteiger partial charge in [0.2, 0.25) is 6.29 Å². The number of hydrogen-bond donors (Lipinski definition) is 5. The van der Waals surface area contributed by atoms with Crippen LogP contribution in [0.2, 0.25) is 0 Å². The van der Waals surface area contributed by atoms with Crippen molar-refractivity contribution < 1.29 is 34.7 Å². The lowest BCUT2D eigenvalue weighted by Gasteiger charge is -2.39. The van der Waals surface area contributed by atoms with Gasteiger partial charge in [0, 0.05) is 5.56 Å². The monoisotopic (exact) mass is 383 g/mol. The third-order valence-corrected chi connectivity index (χ3v) is 4.40. The van der Waals surface area contributed by atoms with Crippen molar-refractivity contribution >= 4 is 17.6 Å². The van der Waals surface area contributed by atoms with Crippen molar-refractivity contribution in [3.8, 4) is 0 Å². The minimum absolute atomic E-state index is 0.181. The highest BCUT2D eigenvalue weighted by molar-refractivity contribution is 5.75. The minimum Gasteiger partial charge on any atom is -0.432 e. The summed E-state index contributed by atoms with van der Waals surface area (Å²) in [5.74, 6) is -0.322. The molecule has 1 aliphatic rings. The van der Waals surface area contributed by atoms with E-state index in [-0.39, 0.29) is 12.2 Å². The maximum absolute atomic E-state index is 12.4. The number of ether oxygens (including phenoxy) is 2. The summed E-state index contributed by atoms with van der Waals surface area (Å²) in [7, 11) is 0. The van der Waals surface area contributed by atoms with E-state index in [0.717, 1.165) is 0 Å². The van der Waals surface area contributed by atoms with E-state index in [0.29, 0.717) is 23.5 Å². The molecule has 0 aliphatic carbocycles. The molecule has 3 rings (SSSR count). The summed E-state index contributed by atoms with van der Waals surface area (Å²) < 4.78 is 11.5. The Hall–Kier alpha value is -2.38. The average molecular weight is 383 g/mol. The molecule has 12 nitrogen and oxygen atoms in total. The van der Waals surface area contributed by atoms with Crippen molar-refractivity contribution in [1.82, 2.24) is 19.6 Å². The highest BCUT2D eigenvalue weighted by Gasteiger charge is 2.45. The van der Waals surface area contributed by atoms with Crippen molar-refractivity contribution in [3.05, 3.63) is 17.6 Å². The quantitative estimate of drug-likeness (QED) is 0.335. The Labute approximate surface area is 153 Å². The maximum atomic E-state index is 12.4. The van der Waals surface area contributed by atoms with Gasteiger partial charge in [0.05, 0.1) is 18.7 Å². The normalized spacial score (nSPS) is 28.4. The molecule has 0 bridgehead atoms. The van der Waals surface area contributed by atoms with Gasteiger partial charge >= 0.3 is 5.97 Å². The van der Waals surface area contributed by atoms with Gasteiger partial charge in [0.25, 0.3) is 5.78 Å². The Bertz CT molecular complexity index is 826. The Morgan fingerprint density at radius 3 is 2.74 bits per heavy atom. The molecule has 1 aliphatic heterocycles. The van der Waals surface area contributed by atoms with Crippen LogP contribution < -0.4 is 5.73 Å². The van der Waals surface area contributed by atoms with E-state index in [9.17, 15) is 25.2 Å². The van der Waals surface area contributed by atoms with E-state index in [1.54, 1.807) is 0 Å². The van der Waals surface area contributed by atoms with E-state index in [1.165, 1.54) is 10.8 Å². The summed E-state index contributed by atoms with van der Waals surface area (Å²) in [6.45, 7) is 1.21. The molecule has 0 unspecified atom stereocenters. The van der Waals surface area contributed by atoms with Crippen LogP contribution in [0.15, 0.2) is 6.33 Å². The smallest absolute Gasteiger partial charge is 0.312 e. The lowest BCUT2D eigenvalue weighted by Crippen LogP contribution is -2.59. The van der Waals surface area contributed by atoms with Gasteiger partial charge in [-0.1, -0.05) is 6.92 Å². The highest BCUT2D eigenvalue weighted by atomic mass is 16.7. The molecule has 0 radical (unpaired) electrons. The Morgan fingerprint density at radius 1 is 1.33 bits per heavy atom. The van der Waals surface area contributed by atoms with E-state index in [4.69, 9.17) is 15.2 Å². The van der Waals surface area contributed by atoms with Crippen LogP contribution in [0, 0.1) is 0 Å². The Balaban J connectivity index is 1.78. The van der Waals surface area contributed by atoms with Crippen LogP contribution >= 0.6 is 0 Å². The number of nitrogen functional groups attached to an aromatic ring is 1. The summed E-state index contributed by atoms with van der Waals surface area (Å²) in [4.78, 5) is 20.6. The van der Waals surface area contributed by atoms with E-state index < -0.39 is 43.3 Å². The number of carbonyl (C=O) groups excluding carboxylic acids is 1. The molecule has 27 heavy (non-hydrogen) atoms. The molecule has 6 N–H and O–H groups in total. The third kappa shape index (κ3) is 3.57. The van der Waals surface area contributed by atoms with Crippen molar-refractivity contribution in [3.63, 3.8) is 0 Å². The first kappa shape index (κ1) is 19.4. The molecule has 0 saturated carbocycles.